The van der Waals surface area contributed by atoms with Crippen LogP contribution in [-0.2, 0) is 0 Å². The van der Waals surface area contributed by atoms with Crippen molar-refractivity contribution in [2.45, 2.75) is 45.2 Å². The fraction of sp³-hybridized carbons (Fsp3) is 0.750. The second-order valence-electron chi connectivity index (χ2n) is 4.34. The van der Waals surface area contributed by atoms with Crippen LogP contribution in [0.1, 0.15) is 42.9 Å². The lowest BCUT2D eigenvalue weighted by atomic mass is 10.1. The third kappa shape index (κ3) is 3.22. The monoisotopic (exact) mass is 256 g/mol. The number of nitrogens with one attached hydrogen (secondary N) is 1. The van der Waals surface area contributed by atoms with Gasteiger partial charge in [-0.15, -0.1) is 11.3 Å². The van der Waals surface area contributed by atoms with E-state index in [4.69, 9.17) is 0 Å². The Hall–Kier alpha value is -0.0600. The van der Waals surface area contributed by atoms with E-state index in [0.717, 1.165) is 12.1 Å². The van der Waals surface area contributed by atoms with Gasteiger partial charge in [-0.05, 0) is 37.7 Å². The molecule has 2 nitrogen and oxygen atoms in total. The Bertz CT molecular complexity index is 319. The molecule has 2 heterocycles. The third-order valence-corrected chi connectivity index (χ3v) is 5.13. The maximum Gasteiger partial charge on any atom is 0.110 e. The summed E-state index contributed by atoms with van der Waals surface area (Å²) >= 11 is 3.87. The molecule has 0 aliphatic carbocycles. The van der Waals surface area contributed by atoms with Gasteiger partial charge in [0, 0.05) is 17.1 Å². The van der Waals surface area contributed by atoms with Crippen LogP contribution in [-0.4, -0.2) is 22.5 Å². The van der Waals surface area contributed by atoms with Gasteiger partial charge < -0.3 is 5.32 Å². The largest absolute Gasteiger partial charge is 0.305 e. The van der Waals surface area contributed by atoms with Crippen LogP contribution in [0.25, 0.3) is 0 Å². The van der Waals surface area contributed by atoms with Gasteiger partial charge in [-0.2, -0.15) is 11.8 Å². The minimum atomic E-state index is 0.465. The van der Waals surface area contributed by atoms with Crippen molar-refractivity contribution in [3.8, 4) is 0 Å². The van der Waals surface area contributed by atoms with Gasteiger partial charge in [-0.1, -0.05) is 6.92 Å². The van der Waals surface area contributed by atoms with Crippen LogP contribution in [0.5, 0.6) is 0 Å². The standard InChI is InChI=1S/C12H20N2S2/c1-3-11(12-13-9(2)8-16-12)14-10-4-6-15-7-5-10/h8,10-11,14H,3-7H2,1-2H3. The van der Waals surface area contributed by atoms with Gasteiger partial charge >= 0.3 is 0 Å². The summed E-state index contributed by atoms with van der Waals surface area (Å²) in [5, 5.41) is 7.18. The highest BCUT2D eigenvalue weighted by molar-refractivity contribution is 7.99. The first-order chi connectivity index (χ1) is 7.79. The second kappa shape index (κ2) is 6.03. The Kier molecular flexibility index (Phi) is 4.67. The summed E-state index contributed by atoms with van der Waals surface area (Å²) in [4.78, 5) is 4.60. The number of hydrogen-bond donors (Lipinski definition) is 1. The summed E-state index contributed by atoms with van der Waals surface area (Å²) < 4.78 is 0. The maximum atomic E-state index is 4.60. The van der Waals surface area contributed by atoms with Gasteiger partial charge in [0.1, 0.15) is 5.01 Å². The first-order valence-electron chi connectivity index (χ1n) is 6.05. The van der Waals surface area contributed by atoms with Gasteiger partial charge in [-0.3, -0.25) is 0 Å². The molecule has 0 radical (unpaired) electrons. The van der Waals surface area contributed by atoms with Crippen molar-refractivity contribution in [3.05, 3.63) is 16.1 Å². The summed E-state index contributed by atoms with van der Waals surface area (Å²) in [5.41, 5.74) is 1.15. The Balaban J connectivity index is 1.94. The molecule has 1 atom stereocenters. The lowest BCUT2D eigenvalue weighted by molar-refractivity contribution is 0.405. The average molecular weight is 256 g/mol. The lowest BCUT2D eigenvalue weighted by Gasteiger charge is -2.26. The van der Waals surface area contributed by atoms with Crippen molar-refractivity contribution in [1.82, 2.24) is 10.3 Å². The highest BCUT2D eigenvalue weighted by Crippen LogP contribution is 2.24. The summed E-state index contributed by atoms with van der Waals surface area (Å²) in [6, 6.07) is 1.17. The van der Waals surface area contributed by atoms with E-state index in [1.54, 1.807) is 11.3 Å². The molecule has 1 aliphatic rings. The molecule has 1 unspecified atom stereocenters. The molecule has 1 fully saturated rings. The van der Waals surface area contributed by atoms with Crippen molar-refractivity contribution in [2.75, 3.05) is 11.5 Å². The summed E-state index contributed by atoms with van der Waals surface area (Å²) in [6.45, 7) is 4.32. The van der Waals surface area contributed by atoms with Crippen molar-refractivity contribution < 1.29 is 0 Å². The Morgan fingerprint density at radius 1 is 1.50 bits per heavy atom. The zero-order chi connectivity index (χ0) is 11.4. The number of aromatic nitrogens is 1. The topological polar surface area (TPSA) is 24.9 Å². The van der Waals surface area contributed by atoms with Crippen LogP contribution in [0.4, 0.5) is 0 Å². The molecule has 0 aromatic carbocycles. The van der Waals surface area contributed by atoms with Gasteiger partial charge in [-0.25, -0.2) is 4.98 Å². The molecule has 1 aromatic heterocycles. The number of thiazole rings is 1. The summed E-state index contributed by atoms with van der Waals surface area (Å²) in [7, 11) is 0. The van der Waals surface area contributed by atoms with E-state index >= 15 is 0 Å². The van der Waals surface area contributed by atoms with Crippen molar-refractivity contribution >= 4 is 23.1 Å². The average Bonchev–Trinajstić information content (AvgIpc) is 2.74. The van der Waals surface area contributed by atoms with E-state index in [9.17, 15) is 0 Å². The number of thioether (sulfide) groups is 1. The zero-order valence-electron chi connectivity index (χ0n) is 10.0. The smallest absolute Gasteiger partial charge is 0.110 e. The SMILES string of the molecule is CCC(NC1CCSCC1)c1nc(C)cs1. The molecular weight excluding hydrogens is 236 g/mol. The van der Waals surface area contributed by atoms with Crippen LogP contribution in [0.3, 0.4) is 0 Å². The van der Waals surface area contributed by atoms with Crippen LogP contribution in [0.15, 0.2) is 5.38 Å². The molecule has 2 rings (SSSR count). The number of nitrogens with zero attached hydrogens (tertiary/aromatic N) is 1. The molecule has 0 spiro atoms. The highest BCUT2D eigenvalue weighted by atomic mass is 32.2. The molecule has 4 heteroatoms. The summed E-state index contributed by atoms with van der Waals surface area (Å²) in [6.07, 6.45) is 3.76. The lowest BCUT2D eigenvalue weighted by Crippen LogP contribution is -2.35. The van der Waals surface area contributed by atoms with E-state index in [1.165, 1.54) is 29.4 Å². The molecule has 1 aromatic rings. The van der Waals surface area contributed by atoms with E-state index < -0.39 is 0 Å². The molecule has 1 N–H and O–H groups in total. The minimum absolute atomic E-state index is 0.465. The summed E-state index contributed by atoms with van der Waals surface area (Å²) in [5.74, 6) is 2.62. The quantitative estimate of drug-likeness (QED) is 0.894. The van der Waals surface area contributed by atoms with Crippen molar-refractivity contribution in [3.63, 3.8) is 0 Å². The van der Waals surface area contributed by atoms with Gasteiger partial charge in [0.2, 0.25) is 0 Å². The van der Waals surface area contributed by atoms with Gasteiger partial charge in [0.25, 0.3) is 0 Å². The first kappa shape index (κ1) is 12.4. The number of hydrogen-bond acceptors (Lipinski definition) is 4. The second-order valence-corrected chi connectivity index (χ2v) is 6.46. The van der Waals surface area contributed by atoms with E-state index in [2.05, 4.69) is 41.3 Å². The highest BCUT2D eigenvalue weighted by Gasteiger charge is 2.19. The molecule has 0 amide bonds. The maximum absolute atomic E-state index is 4.60. The third-order valence-electron chi connectivity index (χ3n) is 3.00. The van der Waals surface area contributed by atoms with Gasteiger partial charge in [0.15, 0.2) is 0 Å². The van der Waals surface area contributed by atoms with Crippen molar-refractivity contribution in [2.24, 2.45) is 0 Å². The number of aryl methyl sites for hydroxylation is 1. The van der Waals surface area contributed by atoms with Crippen LogP contribution >= 0.6 is 23.1 Å². The molecule has 1 aliphatic heterocycles. The molecular formula is C12H20N2S2. The van der Waals surface area contributed by atoms with Gasteiger partial charge in [0.05, 0.1) is 6.04 Å². The first-order valence-corrected chi connectivity index (χ1v) is 8.09. The van der Waals surface area contributed by atoms with Crippen LogP contribution in [0, 0.1) is 6.92 Å². The Labute approximate surface area is 106 Å². The predicted molar refractivity (Wildman–Crippen MR) is 73.4 cm³/mol. The van der Waals surface area contributed by atoms with E-state index in [0.29, 0.717) is 12.1 Å². The molecule has 16 heavy (non-hydrogen) atoms. The van der Waals surface area contributed by atoms with Crippen molar-refractivity contribution in [1.29, 1.82) is 0 Å². The van der Waals surface area contributed by atoms with E-state index in [-0.39, 0.29) is 0 Å². The fourth-order valence-electron chi connectivity index (χ4n) is 2.04. The fourth-order valence-corrected chi connectivity index (χ4v) is 4.09. The molecule has 0 bridgehead atoms. The Morgan fingerprint density at radius 2 is 2.25 bits per heavy atom. The number of rotatable bonds is 4. The minimum Gasteiger partial charge on any atom is -0.305 e. The normalized spacial score (nSPS) is 19.9. The van der Waals surface area contributed by atoms with Crippen LogP contribution < -0.4 is 5.32 Å². The predicted octanol–water partition coefficient (Wildman–Crippen LogP) is 3.39. The zero-order valence-corrected chi connectivity index (χ0v) is 11.7. The Morgan fingerprint density at radius 3 is 2.81 bits per heavy atom. The van der Waals surface area contributed by atoms with E-state index in [1.807, 2.05) is 0 Å². The molecule has 0 saturated carbocycles. The van der Waals surface area contributed by atoms with Crippen LogP contribution in [0.2, 0.25) is 0 Å². The molecule has 1 saturated heterocycles. The molecule has 90 valence electrons.